The standard InChI is InChI=1S/C27H39N3O4S.ClH/c1-27(2,3)22-11-9-20(10-12-22)21-6-5-7-23(18-21)29-26(31)17-19-8-13-25(34-15-14-28)24(16-19)30-35(4,32)33;/h5-8,13,16,18,20,22,30H,9-12,14-15,17,28H2,1-4H3,(H,29,31);1H. The molecule has 2 aromatic carbocycles. The summed E-state index contributed by atoms with van der Waals surface area (Å²) in [6.45, 7) is 7.55. The van der Waals surface area contributed by atoms with Gasteiger partial charge in [0.05, 0.1) is 18.4 Å². The van der Waals surface area contributed by atoms with Crippen molar-refractivity contribution in [2.24, 2.45) is 17.1 Å². The number of hydrogen-bond donors (Lipinski definition) is 3. The Morgan fingerprint density at radius 1 is 1.08 bits per heavy atom. The molecule has 0 saturated heterocycles. The Morgan fingerprint density at radius 3 is 2.39 bits per heavy atom. The molecule has 0 aromatic heterocycles. The van der Waals surface area contributed by atoms with E-state index in [0.29, 0.717) is 34.9 Å². The smallest absolute Gasteiger partial charge is 0.229 e. The average Bonchev–Trinajstić information content (AvgIpc) is 2.77. The number of anilines is 2. The van der Waals surface area contributed by atoms with E-state index in [1.54, 1.807) is 18.2 Å². The molecule has 0 atom stereocenters. The Morgan fingerprint density at radius 2 is 1.78 bits per heavy atom. The summed E-state index contributed by atoms with van der Waals surface area (Å²) in [7, 11) is -3.51. The summed E-state index contributed by atoms with van der Waals surface area (Å²) in [5.74, 6) is 1.49. The van der Waals surface area contributed by atoms with E-state index in [1.165, 1.54) is 31.2 Å². The highest BCUT2D eigenvalue weighted by molar-refractivity contribution is 7.92. The second-order valence-electron chi connectivity index (χ2n) is 10.6. The van der Waals surface area contributed by atoms with E-state index in [-0.39, 0.29) is 31.3 Å². The van der Waals surface area contributed by atoms with Crippen LogP contribution in [0.1, 0.15) is 63.5 Å². The largest absolute Gasteiger partial charge is 0.490 e. The SMILES string of the molecule is CC(C)(C)C1CCC(c2cccc(NC(=O)Cc3ccc(OCCN)c(NS(C)(=O)=O)c3)c2)CC1.Cl. The predicted molar refractivity (Wildman–Crippen MR) is 150 cm³/mol. The van der Waals surface area contributed by atoms with Crippen LogP contribution in [-0.4, -0.2) is 33.7 Å². The minimum atomic E-state index is -3.51. The fourth-order valence-electron chi connectivity index (χ4n) is 4.82. The zero-order valence-corrected chi connectivity index (χ0v) is 23.3. The van der Waals surface area contributed by atoms with E-state index >= 15 is 0 Å². The van der Waals surface area contributed by atoms with Gasteiger partial charge in [-0.3, -0.25) is 9.52 Å². The Kier molecular flexibility index (Phi) is 10.6. The number of carbonyl (C=O) groups excluding carboxylic acids is 1. The number of carbonyl (C=O) groups is 1. The van der Waals surface area contributed by atoms with Gasteiger partial charge < -0.3 is 15.8 Å². The first kappa shape index (κ1) is 29.9. The Bertz CT molecular complexity index is 1120. The summed E-state index contributed by atoms with van der Waals surface area (Å²) in [5.41, 5.74) is 8.86. The van der Waals surface area contributed by atoms with E-state index in [4.69, 9.17) is 10.5 Å². The van der Waals surface area contributed by atoms with Crippen molar-refractivity contribution in [1.29, 1.82) is 0 Å². The molecule has 1 saturated carbocycles. The Hall–Kier alpha value is -2.29. The Balaban J connectivity index is 0.00000456. The summed E-state index contributed by atoms with van der Waals surface area (Å²) in [4.78, 5) is 12.8. The number of hydrogen-bond acceptors (Lipinski definition) is 5. The van der Waals surface area contributed by atoms with Crippen molar-refractivity contribution < 1.29 is 17.9 Å². The summed E-state index contributed by atoms with van der Waals surface area (Å²) in [6.07, 6.45) is 6.00. The van der Waals surface area contributed by atoms with E-state index in [0.717, 1.165) is 17.9 Å². The van der Waals surface area contributed by atoms with Crippen molar-refractivity contribution >= 4 is 39.7 Å². The molecule has 4 N–H and O–H groups in total. The number of nitrogens with two attached hydrogens (primary N) is 1. The van der Waals surface area contributed by atoms with Crippen molar-refractivity contribution in [2.75, 3.05) is 29.4 Å². The van der Waals surface area contributed by atoms with Crippen LogP contribution in [0.15, 0.2) is 42.5 Å². The molecule has 9 heteroatoms. The van der Waals surface area contributed by atoms with Gasteiger partial charge in [-0.15, -0.1) is 12.4 Å². The lowest BCUT2D eigenvalue weighted by molar-refractivity contribution is -0.115. The maximum absolute atomic E-state index is 12.8. The molecule has 0 spiro atoms. The van der Waals surface area contributed by atoms with Crippen molar-refractivity contribution in [1.82, 2.24) is 0 Å². The molecule has 0 radical (unpaired) electrons. The topological polar surface area (TPSA) is 111 Å². The molecule has 1 aliphatic rings. The van der Waals surface area contributed by atoms with E-state index in [1.807, 2.05) is 12.1 Å². The molecular formula is C27H40ClN3O4S. The third-order valence-electron chi connectivity index (χ3n) is 6.67. The average molecular weight is 538 g/mol. The monoisotopic (exact) mass is 537 g/mol. The zero-order chi connectivity index (χ0) is 25.6. The van der Waals surface area contributed by atoms with Crippen molar-refractivity contribution in [3.8, 4) is 5.75 Å². The normalized spacial score (nSPS) is 18.1. The van der Waals surface area contributed by atoms with Crippen LogP contribution < -0.4 is 20.5 Å². The van der Waals surface area contributed by atoms with Crippen LogP contribution in [0.4, 0.5) is 11.4 Å². The molecule has 1 aliphatic carbocycles. The summed E-state index contributed by atoms with van der Waals surface area (Å²) < 4.78 is 31.5. The molecule has 3 rings (SSSR count). The Labute approximate surface area is 222 Å². The van der Waals surface area contributed by atoms with Gasteiger partial charge in [0, 0.05) is 12.2 Å². The minimum absolute atomic E-state index is 0. The number of amides is 1. The van der Waals surface area contributed by atoms with Gasteiger partial charge in [0.2, 0.25) is 15.9 Å². The van der Waals surface area contributed by atoms with Crippen LogP contribution >= 0.6 is 12.4 Å². The molecule has 7 nitrogen and oxygen atoms in total. The third kappa shape index (κ3) is 8.98. The van der Waals surface area contributed by atoms with Crippen LogP contribution in [0.3, 0.4) is 0 Å². The first-order chi connectivity index (χ1) is 16.4. The second kappa shape index (κ2) is 12.8. The number of ether oxygens (including phenoxy) is 1. The van der Waals surface area contributed by atoms with Gasteiger partial charge in [0.15, 0.2) is 0 Å². The highest BCUT2D eigenvalue weighted by Gasteiger charge is 2.30. The van der Waals surface area contributed by atoms with E-state index in [9.17, 15) is 13.2 Å². The molecule has 0 heterocycles. The van der Waals surface area contributed by atoms with Crippen LogP contribution in [0.5, 0.6) is 5.75 Å². The van der Waals surface area contributed by atoms with Crippen LogP contribution in [0, 0.1) is 11.3 Å². The highest BCUT2D eigenvalue weighted by Crippen LogP contribution is 2.43. The summed E-state index contributed by atoms with van der Waals surface area (Å²) in [5, 5.41) is 2.99. The van der Waals surface area contributed by atoms with Crippen LogP contribution in [-0.2, 0) is 21.2 Å². The molecule has 2 aromatic rings. The maximum Gasteiger partial charge on any atom is 0.229 e. The fraction of sp³-hybridized carbons (Fsp3) is 0.519. The lowest BCUT2D eigenvalue weighted by Gasteiger charge is -2.37. The van der Waals surface area contributed by atoms with Gasteiger partial charge in [-0.2, -0.15) is 0 Å². The molecule has 200 valence electrons. The molecule has 36 heavy (non-hydrogen) atoms. The molecule has 0 bridgehead atoms. The van der Waals surface area contributed by atoms with Crippen LogP contribution in [0.25, 0.3) is 0 Å². The molecule has 0 unspecified atom stereocenters. The lowest BCUT2D eigenvalue weighted by Crippen LogP contribution is -2.25. The first-order valence-electron chi connectivity index (χ1n) is 12.3. The van der Waals surface area contributed by atoms with Gasteiger partial charge in [-0.05, 0) is 78.3 Å². The molecular weight excluding hydrogens is 498 g/mol. The van der Waals surface area contributed by atoms with Crippen LogP contribution in [0.2, 0.25) is 0 Å². The molecule has 1 amide bonds. The van der Waals surface area contributed by atoms with Gasteiger partial charge in [0.1, 0.15) is 12.4 Å². The number of nitrogens with one attached hydrogen (secondary N) is 2. The first-order valence-corrected chi connectivity index (χ1v) is 14.2. The van der Waals surface area contributed by atoms with Gasteiger partial charge in [0.25, 0.3) is 0 Å². The number of benzene rings is 2. The lowest BCUT2D eigenvalue weighted by atomic mass is 9.68. The van der Waals surface area contributed by atoms with Gasteiger partial charge in [-0.1, -0.05) is 39.0 Å². The second-order valence-corrected chi connectivity index (χ2v) is 12.4. The van der Waals surface area contributed by atoms with E-state index in [2.05, 4.69) is 42.9 Å². The summed E-state index contributed by atoms with van der Waals surface area (Å²) in [6, 6.07) is 13.2. The van der Waals surface area contributed by atoms with Crippen molar-refractivity contribution in [2.45, 2.75) is 58.8 Å². The highest BCUT2D eigenvalue weighted by atomic mass is 35.5. The fourth-order valence-corrected chi connectivity index (χ4v) is 5.37. The number of rotatable bonds is 9. The minimum Gasteiger partial charge on any atom is -0.490 e. The third-order valence-corrected chi connectivity index (χ3v) is 7.26. The summed E-state index contributed by atoms with van der Waals surface area (Å²) >= 11 is 0. The predicted octanol–water partition coefficient (Wildman–Crippen LogP) is 5.32. The van der Waals surface area contributed by atoms with Crippen molar-refractivity contribution in [3.05, 3.63) is 53.6 Å². The van der Waals surface area contributed by atoms with E-state index < -0.39 is 10.0 Å². The van der Waals surface area contributed by atoms with Crippen molar-refractivity contribution in [3.63, 3.8) is 0 Å². The quantitative estimate of drug-likeness (QED) is 0.401. The van der Waals surface area contributed by atoms with Gasteiger partial charge in [-0.25, -0.2) is 8.42 Å². The molecule has 0 aliphatic heterocycles. The van der Waals surface area contributed by atoms with Gasteiger partial charge >= 0.3 is 0 Å². The maximum atomic E-state index is 12.8. The number of sulfonamides is 1. The molecule has 1 fully saturated rings. The number of halogens is 1. The zero-order valence-electron chi connectivity index (χ0n) is 21.7.